The fourth-order valence-corrected chi connectivity index (χ4v) is 5.10. The van der Waals surface area contributed by atoms with Crippen LogP contribution in [0, 0.1) is 23.7 Å². The number of rotatable bonds is 6. The minimum absolute atomic E-state index is 0.110. The summed E-state index contributed by atoms with van der Waals surface area (Å²) in [5.74, 6) is 3.53. The minimum atomic E-state index is -0.110. The maximum Gasteiger partial charge on any atom is 0.265 e. The highest BCUT2D eigenvalue weighted by Crippen LogP contribution is 2.39. The minimum Gasteiger partial charge on any atom is -0.419 e. The van der Waals surface area contributed by atoms with E-state index in [1.165, 1.54) is 5.57 Å². The summed E-state index contributed by atoms with van der Waals surface area (Å²) >= 11 is 0. The van der Waals surface area contributed by atoms with Gasteiger partial charge in [0.15, 0.2) is 0 Å². The van der Waals surface area contributed by atoms with Crippen molar-refractivity contribution < 1.29 is 9.52 Å². The van der Waals surface area contributed by atoms with Crippen LogP contribution in [-0.2, 0) is 13.5 Å². The Hall–Kier alpha value is -1.99. The third-order valence-electron chi connectivity index (χ3n) is 7.03. The number of allylic oxidation sites excluding steroid dienone is 1. The van der Waals surface area contributed by atoms with Gasteiger partial charge >= 0.3 is 0 Å². The van der Waals surface area contributed by atoms with E-state index in [1.54, 1.807) is 12.5 Å². The van der Waals surface area contributed by atoms with Crippen LogP contribution in [0.4, 0.5) is 0 Å². The fourth-order valence-electron chi connectivity index (χ4n) is 5.10. The first-order chi connectivity index (χ1) is 14.4. The number of hydrogen-bond donors (Lipinski definition) is 1. The van der Waals surface area contributed by atoms with Gasteiger partial charge in [0.05, 0.1) is 18.6 Å². The molecule has 4 rings (SSSR count). The lowest BCUT2D eigenvalue weighted by atomic mass is 9.69. The molecule has 3 atom stereocenters. The molecule has 1 fully saturated rings. The zero-order chi connectivity index (χ0) is 21.3. The van der Waals surface area contributed by atoms with Crippen LogP contribution in [0.3, 0.4) is 0 Å². The van der Waals surface area contributed by atoms with E-state index in [2.05, 4.69) is 46.9 Å². The van der Waals surface area contributed by atoms with Gasteiger partial charge in [-0.1, -0.05) is 25.5 Å². The van der Waals surface area contributed by atoms with Gasteiger partial charge in [-0.25, -0.2) is 4.98 Å². The predicted molar refractivity (Wildman–Crippen MR) is 116 cm³/mol. The Morgan fingerprint density at radius 1 is 1.23 bits per heavy atom. The van der Waals surface area contributed by atoms with Gasteiger partial charge in [-0.3, -0.25) is 0 Å². The standard InChI is InChI=1S/C23H35N5O2/c1-15(2)20-10-17(11-22-25-26-23(30-22)21-12-24-14-27(21)4)16(3)9-18(20)13-28-7-5-19(29)6-8-28/h9,12,14-15,17-20,29H,5-8,10-11,13H2,1-4H3/t17-,18-,20-/m0/s1. The molecule has 0 spiro atoms. The Morgan fingerprint density at radius 2 is 2.00 bits per heavy atom. The molecule has 0 radical (unpaired) electrons. The van der Waals surface area contributed by atoms with E-state index in [0.29, 0.717) is 35.5 Å². The highest BCUT2D eigenvalue weighted by atomic mass is 16.4. The first-order valence-electron chi connectivity index (χ1n) is 11.3. The van der Waals surface area contributed by atoms with Crippen LogP contribution in [-0.4, -0.2) is 55.5 Å². The maximum atomic E-state index is 9.80. The largest absolute Gasteiger partial charge is 0.419 e. The molecule has 0 aromatic carbocycles. The highest BCUT2D eigenvalue weighted by molar-refractivity contribution is 5.44. The molecule has 1 saturated heterocycles. The van der Waals surface area contributed by atoms with Crippen molar-refractivity contribution in [1.82, 2.24) is 24.6 Å². The third-order valence-corrected chi connectivity index (χ3v) is 7.03. The molecule has 0 amide bonds. The monoisotopic (exact) mass is 413 g/mol. The third kappa shape index (κ3) is 4.67. The lowest BCUT2D eigenvalue weighted by Crippen LogP contribution is -2.42. The van der Waals surface area contributed by atoms with Crippen LogP contribution >= 0.6 is 0 Å². The summed E-state index contributed by atoms with van der Waals surface area (Å²) in [5, 5.41) is 18.4. The van der Waals surface area contributed by atoms with E-state index in [9.17, 15) is 5.11 Å². The molecule has 0 unspecified atom stereocenters. The van der Waals surface area contributed by atoms with E-state index in [4.69, 9.17) is 4.42 Å². The van der Waals surface area contributed by atoms with E-state index in [0.717, 1.165) is 51.0 Å². The summed E-state index contributed by atoms with van der Waals surface area (Å²) in [6.45, 7) is 10.1. The average molecular weight is 414 g/mol. The van der Waals surface area contributed by atoms with Gasteiger partial charge in [-0.15, -0.1) is 10.2 Å². The molecular formula is C23H35N5O2. The lowest BCUT2D eigenvalue weighted by molar-refractivity contribution is 0.0670. The number of aliphatic hydroxyl groups is 1. The van der Waals surface area contributed by atoms with Crippen molar-refractivity contribution in [2.75, 3.05) is 19.6 Å². The fraction of sp³-hybridized carbons (Fsp3) is 0.696. The van der Waals surface area contributed by atoms with Crippen molar-refractivity contribution in [3.05, 3.63) is 30.1 Å². The molecule has 2 aromatic heterocycles. The van der Waals surface area contributed by atoms with Crippen LogP contribution in [0.2, 0.25) is 0 Å². The van der Waals surface area contributed by atoms with Gasteiger partial charge in [0, 0.05) is 33.1 Å². The predicted octanol–water partition coefficient (Wildman–Crippen LogP) is 3.32. The SMILES string of the molecule is CC1=C[C@@H](CN2CCC(O)CC2)[C@H](C(C)C)C[C@H]1Cc1nnc(-c2cncn2C)o1. The van der Waals surface area contributed by atoms with Crippen molar-refractivity contribution in [2.45, 2.75) is 52.6 Å². The lowest BCUT2D eigenvalue weighted by Gasteiger charge is -2.40. The molecule has 30 heavy (non-hydrogen) atoms. The molecule has 3 heterocycles. The average Bonchev–Trinajstić information content (AvgIpc) is 3.34. The summed E-state index contributed by atoms with van der Waals surface area (Å²) in [6.07, 6.45) is 9.64. The van der Waals surface area contributed by atoms with Crippen LogP contribution in [0.15, 0.2) is 28.6 Å². The van der Waals surface area contributed by atoms with Crippen LogP contribution in [0.25, 0.3) is 11.6 Å². The number of hydrogen-bond acceptors (Lipinski definition) is 6. The van der Waals surface area contributed by atoms with Crippen molar-refractivity contribution in [1.29, 1.82) is 0 Å². The van der Waals surface area contributed by atoms with Crippen molar-refractivity contribution in [2.24, 2.45) is 30.7 Å². The molecule has 1 aliphatic carbocycles. The van der Waals surface area contributed by atoms with Gasteiger partial charge in [-0.05, 0) is 49.9 Å². The normalized spacial score (nSPS) is 26.3. The second-order valence-electron chi connectivity index (χ2n) is 9.54. The Bertz CT molecular complexity index is 863. The van der Waals surface area contributed by atoms with Crippen molar-refractivity contribution >= 4 is 0 Å². The van der Waals surface area contributed by atoms with E-state index < -0.39 is 0 Å². The first-order valence-corrected chi connectivity index (χ1v) is 11.3. The van der Waals surface area contributed by atoms with E-state index >= 15 is 0 Å². The van der Waals surface area contributed by atoms with Crippen LogP contribution in [0.5, 0.6) is 0 Å². The summed E-state index contributed by atoms with van der Waals surface area (Å²) in [7, 11) is 1.93. The number of aliphatic hydroxyl groups excluding tert-OH is 1. The Morgan fingerprint density at radius 3 is 2.67 bits per heavy atom. The van der Waals surface area contributed by atoms with E-state index in [-0.39, 0.29) is 6.10 Å². The molecule has 7 nitrogen and oxygen atoms in total. The first kappa shape index (κ1) is 21.2. The molecule has 1 aliphatic heterocycles. The summed E-state index contributed by atoms with van der Waals surface area (Å²) in [5.41, 5.74) is 2.28. The zero-order valence-corrected chi connectivity index (χ0v) is 18.7. The van der Waals surface area contributed by atoms with Crippen molar-refractivity contribution in [3.8, 4) is 11.6 Å². The highest BCUT2D eigenvalue weighted by Gasteiger charge is 2.34. The molecular weight excluding hydrogens is 378 g/mol. The number of likely N-dealkylation sites (tertiary alicyclic amines) is 1. The number of aromatic nitrogens is 4. The smallest absolute Gasteiger partial charge is 0.265 e. The van der Waals surface area contributed by atoms with E-state index in [1.807, 2.05) is 11.6 Å². The van der Waals surface area contributed by atoms with Gasteiger partial charge in [-0.2, -0.15) is 0 Å². The number of piperidine rings is 1. The zero-order valence-electron chi connectivity index (χ0n) is 18.7. The Balaban J connectivity index is 1.45. The van der Waals surface area contributed by atoms with Gasteiger partial charge in [0.25, 0.3) is 5.89 Å². The molecule has 1 N–H and O–H groups in total. The summed E-state index contributed by atoms with van der Waals surface area (Å²) in [6, 6.07) is 0. The van der Waals surface area contributed by atoms with Gasteiger partial charge < -0.3 is 19.0 Å². The summed E-state index contributed by atoms with van der Waals surface area (Å²) < 4.78 is 7.86. The molecule has 0 bridgehead atoms. The van der Waals surface area contributed by atoms with Crippen LogP contribution in [0.1, 0.15) is 45.9 Å². The second-order valence-corrected chi connectivity index (χ2v) is 9.54. The molecule has 164 valence electrons. The second kappa shape index (κ2) is 9.02. The topological polar surface area (TPSA) is 80.2 Å². The molecule has 7 heteroatoms. The number of imidazole rings is 1. The molecule has 2 aromatic rings. The number of nitrogens with zero attached hydrogens (tertiary/aromatic N) is 5. The van der Waals surface area contributed by atoms with Crippen molar-refractivity contribution in [3.63, 3.8) is 0 Å². The molecule has 0 saturated carbocycles. The number of aryl methyl sites for hydroxylation is 1. The maximum absolute atomic E-state index is 9.80. The quantitative estimate of drug-likeness (QED) is 0.732. The summed E-state index contributed by atoms with van der Waals surface area (Å²) in [4.78, 5) is 6.67. The Labute approximate surface area is 179 Å². The van der Waals surface area contributed by atoms with Gasteiger partial charge in [0.1, 0.15) is 5.69 Å². The van der Waals surface area contributed by atoms with Crippen LogP contribution < -0.4 is 0 Å². The van der Waals surface area contributed by atoms with Gasteiger partial charge in [0.2, 0.25) is 5.89 Å². The Kier molecular flexibility index (Phi) is 6.39. The molecule has 2 aliphatic rings.